The second kappa shape index (κ2) is 10.1. The molecule has 1 amide bonds. The summed E-state index contributed by atoms with van der Waals surface area (Å²) in [5.74, 6) is 1.96. The summed E-state index contributed by atoms with van der Waals surface area (Å²) in [5.41, 5.74) is 1.10. The highest BCUT2D eigenvalue weighted by molar-refractivity contribution is 5.78. The van der Waals surface area contributed by atoms with Gasteiger partial charge in [-0.2, -0.15) is 0 Å². The highest BCUT2D eigenvalue weighted by Crippen LogP contribution is 2.28. The summed E-state index contributed by atoms with van der Waals surface area (Å²) in [6.45, 7) is 9.58. The van der Waals surface area contributed by atoms with Crippen LogP contribution in [0.3, 0.4) is 0 Å². The van der Waals surface area contributed by atoms with Crippen LogP contribution in [0.1, 0.15) is 25.3 Å². The maximum atomic E-state index is 12.4. The molecule has 0 radical (unpaired) electrons. The van der Waals surface area contributed by atoms with E-state index in [4.69, 9.17) is 9.47 Å². The lowest BCUT2D eigenvalue weighted by Gasteiger charge is -2.32. The van der Waals surface area contributed by atoms with E-state index >= 15 is 0 Å². The molecule has 138 valence electrons. The fourth-order valence-corrected chi connectivity index (χ4v) is 3.09. The molecule has 0 aliphatic carbocycles. The largest absolute Gasteiger partial charge is 0.493 e. The number of allylic oxidation sites excluding steroid dienone is 1. The maximum absolute atomic E-state index is 12.4. The third-order valence-corrected chi connectivity index (χ3v) is 4.61. The van der Waals surface area contributed by atoms with Crippen LogP contribution in [0.5, 0.6) is 11.5 Å². The summed E-state index contributed by atoms with van der Waals surface area (Å²) in [5, 5.41) is 3.39. The van der Waals surface area contributed by atoms with Crippen LogP contribution in [-0.2, 0) is 11.2 Å². The average molecular weight is 346 g/mol. The monoisotopic (exact) mass is 346 g/mol. The van der Waals surface area contributed by atoms with Crippen molar-refractivity contribution in [2.75, 3.05) is 39.9 Å². The third-order valence-electron chi connectivity index (χ3n) is 4.61. The zero-order valence-corrected chi connectivity index (χ0v) is 15.4. The first-order valence-corrected chi connectivity index (χ1v) is 9.07. The van der Waals surface area contributed by atoms with Gasteiger partial charge >= 0.3 is 0 Å². The number of carbonyl (C=O) groups excluding carboxylic acids is 1. The predicted octanol–water partition coefficient (Wildman–Crippen LogP) is 2.65. The van der Waals surface area contributed by atoms with E-state index in [0.717, 1.165) is 51.0 Å². The number of nitrogens with zero attached hydrogens (tertiary/aromatic N) is 1. The fourth-order valence-electron chi connectivity index (χ4n) is 3.09. The molecule has 25 heavy (non-hydrogen) atoms. The molecule has 1 aromatic rings. The van der Waals surface area contributed by atoms with Crippen LogP contribution < -0.4 is 14.8 Å². The standard InChI is InChI=1S/C20H30N2O3/c1-4-6-16-7-8-18(19(13-16)24-3)25-15-20(23)22-11-9-17(10-12-22)14-21-5-2/h4,7-8,13,17,21H,1,5-6,9-12,14-15H2,2-3H3. The minimum absolute atomic E-state index is 0.0409. The molecule has 1 fully saturated rings. The Morgan fingerprint density at radius 2 is 2.12 bits per heavy atom. The minimum atomic E-state index is 0.0409. The van der Waals surface area contributed by atoms with Crippen molar-refractivity contribution in [3.63, 3.8) is 0 Å². The lowest BCUT2D eigenvalue weighted by Crippen LogP contribution is -2.42. The molecule has 5 nitrogen and oxygen atoms in total. The molecule has 0 spiro atoms. The van der Waals surface area contributed by atoms with E-state index in [1.54, 1.807) is 7.11 Å². The van der Waals surface area contributed by atoms with Crippen LogP contribution in [0.2, 0.25) is 0 Å². The summed E-state index contributed by atoms with van der Waals surface area (Å²) in [6, 6.07) is 5.75. The second-order valence-electron chi connectivity index (χ2n) is 6.40. The molecule has 0 aromatic heterocycles. The Hall–Kier alpha value is -2.01. The lowest BCUT2D eigenvalue weighted by atomic mass is 9.97. The number of nitrogens with one attached hydrogen (secondary N) is 1. The van der Waals surface area contributed by atoms with Gasteiger partial charge < -0.3 is 19.7 Å². The van der Waals surface area contributed by atoms with Crippen LogP contribution in [-0.4, -0.2) is 50.7 Å². The zero-order valence-electron chi connectivity index (χ0n) is 15.4. The Balaban J connectivity index is 1.83. The SMILES string of the molecule is C=CCc1ccc(OCC(=O)N2CCC(CNCC)CC2)c(OC)c1. The zero-order chi connectivity index (χ0) is 18.1. The highest BCUT2D eigenvalue weighted by atomic mass is 16.5. The van der Waals surface area contributed by atoms with Gasteiger partial charge in [0.2, 0.25) is 0 Å². The molecule has 2 rings (SSSR count). The quantitative estimate of drug-likeness (QED) is 0.699. The number of methoxy groups -OCH3 is 1. The molecule has 5 heteroatoms. The van der Waals surface area contributed by atoms with E-state index < -0.39 is 0 Å². The van der Waals surface area contributed by atoms with Crippen LogP contribution >= 0.6 is 0 Å². The molecule has 1 heterocycles. The number of rotatable bonds is 9. The number of piperidine rings is 1. The van der Waals surface area contributed by atoms with Gasteiger partial charge in [-0.3, -0.25) is 4.79 Å². The van der Waals surface area contributed by atoms with Crippen molar-refractivity contribution >= 4 is 5.91 Å². The Labute approximate surface area is 151 Å². The van der Waals surface area contributed by atoms with Crippen molar-refractivity contribution in [3.8, 4) is 11.5 Å². The molecule has 0 atom stereocenters. The molecule has 0 unspecified atom stereocenters. The Bertz CT molecular complexity index is 566. The fraction of sp³-hybridized carbons (Fsp3) is 0.550. The van der Waals surface area contributed by atoms with Gasteiger partial charge in [-0.15, -0.1) is 6.58 Å². The van der Waals surface area contributed by atoms with Gasteiger partial charge in [0, 0.05) is 13.1 Å². The van der Waals surface area contributed by atoms with E-state index in [2.05, 4.69) is 18.8 Å². The molecule has 0 bridgehead atoms. The van der Waals surface area contributed by atoms with E-state index in [1.165, 1.54) is 0 Å². The smallest absolute Gasteiger partial charge is 0.260 e. The Kier molecular flexibility index (Phi) is 7.79. The van der Waals surface area contributed by atoms with E-state index in [0.29, 0.717) is 17.4 Å². The van der Waals surface area contributed by atoms with Gasteiger partial charge in [0.25, 0.3) is 5.91 Å². The number of likely N-dealkylation sites (tertiary alicyclic amines) is 1. The summed E-state index contributed by atoms with van der Waals surface area (Å²) < 4.78 is 11.1. The highest BCUT2D eigenvalue weighted by Gasteiger charge is 2.23. The minimum Gasteiger partial charge on any atom is -0.493 e. The van der Waals surface area contributed by atoms with Crippen LogP contribution in [0.15, 0.2) is 30.9 Å². The van der Waals surface area contributed by atoms with E-state index in [1.807, 2.05) is 29.2 Å². The average Bonchev–Trinajstić information content (AvgIpc) is 2.65. The molecule has 1 N–H and O–H groups in total. The van der Waals surface area contributed by atoms with E-state index in [-0.39, 0.29) is 12.5 Å². The van der Waals surface area contributed by atoms with Crippen molar-refractivity contribution < 1.29 is 14.3 Å². The molecule has 1 aliphatic rings. The Morgan fingerprint density at radius 1 is 1.36 bits per heavy atom. The topological polar surface area (TPSA) is 50.8 Å². The van der Waals surface area contributed by atoms with Crippen molar-refractivity contribution in [1.29, 1.82) is 0 Å². The Morgan fingerprint density at radius 3 is 2.76 bits per heavy atom. The van der Waals surface area contributed by atoms with Crippen molar-refractivity contribution in [2.24, 2.45) is 5.92 Å². The molecule has 1 aliphatic heterocycles. The lowest BCUT2D eigenvalue weighted by molar-refractivity contribution is -0.134. The normalized spacial score (nSPS) is 15.0. The van der Waals surface area contributed by atoms with Gasteiger partial charge in [-0.25, -0.2) is 0 Å². The van der Waals surface area contributed by atoms with Crippen LogP contribution in [0, 0.1) is 5.92 Å². The number of amides is 1. The molecule has 1 aromatic carbocycles. The van der Waals surface area contributed by atoms with Crippen molar-refractivity contribution in [3.05, 3.63) is 36.4 Å². The number of ether oxygens (including phenoxy) is 2. The van der Waals surface area contributed by atoms with Crippen LogP contribution in [0.4, 0.5) is 0 Å². The molecular weight excluding hydrogens is 316 g/mol. The third kappa shape index (κ3) is 5.78. The van der Waals surface area contributed by atoms with Gasteiger partial charge in [0.1, 0.15) is 0 Å². The maximum Gasteiger partial charge on any atom is 0.260 e. The van der Waals surface area contributed by atoms with Crippen molar-refractivity contribution in [1.82, 2.24) is 10.2 Å². The molecule has 1 saturated heterocycles. The first-order valence-electron chi connectivity index (χ1n) is 9.07. The summed E-state index contributed by atoms with van der Waals surface area (Å²) in [6.07, 6.45) is 4.73. The first kappa shape index (κ1) is 19.3. The van der Waals surface area contributed by atoms with Gasteiger partial charge in [-0.1, -0.05) is 19.1 Å². The summed E-state index contributed by atoms with van der Waals surface area (Å²) >= 11 is 0. The predicted molar refractivity (Wildman–Crippen MR) is 100 cm³/mol. The number of benzene rings is 1. The van der Waals surface area contributed by atoms with Crippen molar-refractivity contribution in [2.45, 2.75) is 26.2 Å². The molecular formula is C20H30N2O3. The molecule has 0 saturated carbocycles. The van der Waals surface area contributed by atoms with Crippen LogP contribution in [0.25, 0.3) is 0 Å². The van der Waals surface area contributed by atoms with Gasteiger partial charge in [0.15, 0.2) is 18.1 Å². The second-order valence-corrected chi connectivity index (χ2v) is 6.40. The van der Waals surface area contributed by atoms with E-state index in [9.17, 15) is 4.79 Å². The number of hydrogen-bond acceptors (Lipinski definition) is 4. The number of hydrogen-bond donors (Lipinski definition) is 1. The van der Waals surface area contributed by atoms with Gasteiger partial charge in [-0.05, 0) is 56.0 Å². The summed E-state index contributed by atoms with van der Waals surface area (Å²) in [7, 11) is 1.61. The first-order chi connectivity index (χ1) is 12.2. The number of carbonyl (C=O) groups is 1. The van der Waals surface area contributed by atoms with Gasteiger partial charge in [0.05, 0.1) is 7.11 Å². The summed E-state index contributed by atoms with van der Waals surface area (Å²) in [4.78, 5) is 14.3.